The maximum Gasteiger partial charge on any atom is 0.287 e. The lowest BCUT2D eigenvalue weighted by Gasteiger charge is -2.13. The molecule has 4 aromatic rings. The van der Waals surface area contributed by atoms with E-state index < -0.39 is 11.7 Å². The fourth-order valence-corrected chi connectivity index (χ4v) is 2.96. The third-order valence-corrected chi connectivity index (χ3v) is 4.39. The van der Waals surface area contributed by atoms with Crippen molar-refractivity contribution in [2.24, 2.45) is 0 Å². The molecule has 1 N–H and O–H groups in total. The second-order valence-corrected chi connectivity index (χ2v) is 6.83. The number of hydrogen-bond acceptors (Lipinski definition) is 5. The molecule has 8 heteroatoms. The van der Waals surface area contributed by atoms with Crippen molar-refractivity contribution >= 4 is 17.2 Å². The Kier molecular flexibility index (Phi) is 5.05. The summed E-state index contributed by atoms with van der Waals surface area (Å²) in [6.07, 6.45) is 0. The van der Waals surface area contributed by atoms with Gasteiger partial charge in [-0.15, -0.1) is 4.57 Å². The van der Waals surface area contributed by atoms with E-state index in [2.05, 4.69) is 10.3 Å². The summed E-state index contributed by atoms with van der Waals surface area (Å²) in [7, 11) is 0. The topological polar surface area (TPSA) is 85.8 Å². The number of aryl methyl sites for hydroxylation is 2. The molecule has 0 aliphatic heterocycles. The average molecular weight is 407 g/mol. The molecule has 2 aromatic heterocycles. The number of amides is 1. The van der Waals surface area contributed by atoms with Crippen LogP contribution in [0, 0.1) is 19.7 Å². The van der Waals surface area contributed by atoms with Crippen molar-refractivity contribution in [3.8, 4) is 5.75 Å². The second kappa shape index (κ2) is 7.82. The largest absolute Gasteiger partial charge is 0.485 e. The first-order chi connectivity index (χ1) is 14.4. The molecule has 4 rings (SSSR count). The summed E-state index contributed by atoms with van der Waals surface area (Å²) in [6.45, 7) is 3.64. The zero-order chi connectivity index (χ0) is 21.3. The van der Waals surface area contributed by atoms with Crippen LogP contribution in [0.5, 0.6) is 5.75 Å². The van der Waals surface area contributed by atoms with E-state index in [1.165, 1.54) is 30.3 Å². The Hall–Kier alpha value is -3.94. The van der Waals surface area contributed by atoms with E-state index in [1.807, 2.05) is 13.0 Å². The van der Waals surface area contributed by atoms with Crippen molar-refractivity contribution in [1.29, 1.82) is 0 Å². The van der Waals surface area contributed by atoms with E-state index in [-0.39, 0.29) is 12.2 Å². The number of anilines is 1. The second-order valence-electron chi connectivity index (χ2n) is 6.83. The highest BCUT2D eigenvalue weighted by atomic mass is 19.1. The van der Waals surface area contributed by atoms with Crippen molar-refractivity contribution in [1.82, 2.24) is 9.56 Å². The highest BCUT2D eigenvalue weighted by Crippen LogP contribution is 2.27. The molecule has 0 fully saturated rings. The van der Waals surface area contributed by atoms with Gasteiger partial charge in [-0.1, -0.05) is 6.07 Å². The van der Waals surface area contributed by atoms with Crippen molar-refractivity contribution in [2.45, 2.75) is 20.5 Å². The van der Waals surface area contributed by atoms with Crippen LogP contribution < -0.4 is 15.6 Å². The highest BCUT2D eigenvalue weighted by molar-refractivity contribution is 6.05. The Morgan fingerprint density at radius 2 is 1.90 bits per heavy atom. The van der Waals surface area contributed by atoms with Gasteiger partial charge < -0.3 is 14.6 Å². The van der Waals surface area contributed by atoms with Gasteiger partial charge in [0.25, 0.3) is 11.5 Å². The van der Waals surface area contributed by atoms with E-state index >= 15 is 0 Å². The maximum atomic E-state index is 13.1. The SMILES string of the molecule is Cc1ccc(OCc2cc(=O)n3oc(C)cc3n2)c(NC(=O)c2ccc(F)cc2)c1. The molecular weight excluding hydrogens is 389 g/mol. The Morgan fingerprint density at radius 3 is 2.67 bits per heavy atom. The first-order valence-corrected chi connectivity index (χ1v) is 9.19. The van der Waals surface area contributed by atoms with E-state index in [0.29, 0.717) is 34.1 Å². The zero-order valence-electron chi connectivity index (χ0n) is 16.3. The smallest absolute Gasteiger partial charge is 0.287 e. The monoisotopic (exact) mass is 407 g/mol. The van der Waals surface area contributed by atoms with Gasteiger partial charge in [-0.3, -0.25) is 9.59 Å². The van der Waals surface area contributed by atoms with Gasteiger partial charge in [-0.2, -0.15) is 0 Å². The van der Waals surface area contributed by atoms with Gasteiger partial charge in [0.2, 0.25) is 0 Å². The lowest BCUT2D eigenvalue weighted by Crippen LogP contribution is -2.15. The number of benzene rings is 2. The molecule has 152 valence electrons. The number of rotatable bonds is 5. The molecule has 7 nitrogen and oxygen atoms in total. The van der Waals surface area contributed by atoms with Crippen LogP contribution in [-0.4, -0.2) is 15.5 Å². The number of fused-ring (bicyclic) bond motifs is 1. The Labute approximate surface area is 170 Å². The number of hydrogen-bond donors (Lipinski definition) is 1. The molecule has 30 heavy (non-hydrogen) atoms. The number of halogens is 1. The molecule has 0 aliphatic carbocycles. The minimum atomic E-state index is -0.417. The van der Waals surface area contributed by atoms with E-state index in [9.17, 15) is 14.0 Å². The van der Waals surface area contributed by atoms with Crippen molar-refractivity contribution in [3.63, 3.8) is 0 Å². The fourth-order valence-electron chi connectivity index (χ4n) is 2.96. The molecule has 2 heterocycles. The lowest BCUT2D eigenvalue weighted by atomic mass is 10.1. The molecule has 0 radical (unpaired) electrons. The van der Waals surface area contributed by atoms with Gasteiger partial charge in [0.1, 0.15) is 23.9 Å². The highest BCUT2D eigenvalue weighted by Gasteiger charge is 2.12. The normalized spacial score (nSPS) is 10.9. The first kappa shape index (κ1) is 19.4. The molecule has 0 spiro atoms. The predicted octanol–water partition coefficient (Wildman–Crippen LogP) is 3.87. The Morgan fingerprint density at radius 1 is 1.13 bits per heavy atom. The van der Waals surface area contributed by atoms with Gasteiger partial charge in [-0.05, 0) is 55.8 Å². The molecule has 0 unspecified atom stereocenters. The minimum Gasteiger partial charge on any atom is -0.485 e. The summed E-state index contributed by atoms with van der Waals surface area (Å²) in [5.41, 5.74) is 2.17. The van der Waals surface area contributed by atoms with Gasteiger partial charge in [0.05, 0.1) is 11.4 Å². The number of carbonyl (C=O) groups excluding carboxylic acids is 1. The molecule has 1 amide bonds. The zero-order valence-corrected chi connectivity index (χ0v) is 16.3. The van der Waals surface area contributed by atoms with Crippen LogP contribution in [0.25, 0.3) is 5.65 Å². The van der Waals surface area contributed by atoms with Crippen LogP contribution >= 0.6 is 0 Å². The number of carbonyl (C=O) groups is 1. The molecule has 0 saturated carbocycles. The number of nitrogens with one attached hydrogen (secondary N) is 1. The number of nitrogens with zero attached hydrogens (tertiary/aromatic N) is 2. The maximum absolute atomic E-state index is 13.1. The quantitative estimate of drug-likeness (QED) is 0.543. The van der Waals surface area contributed by atoms with Crippen LogP contribution in [0.2, 0.25) is 0 Å². The van der Waals surface area contributed by atoms with Gasteiger partial charge in [0.15, 0.2) is 5.65 Å². The Balaban J connectivity index is 1.55. The first-order valence-electron chi connectivity index (χ1n) is 9.19. The molecule has 0 atom stereocenters. The molecule has 0 saturated heterocycles. The van der Waals surface area contributed by atoms with Crippen molar-refractivity contribution in [2.75, 3.05) is 5.32 Å². The van der Waals surface area contributed by atoms with Gasteiger partial charge in [0, 0.05) is 17.7 Å². The van der Waals surface area contributed by atoms with Crippen LogP contribution in [0.3, 0.4) is 0 Å². The molecular formula is C22H18FN3O4. The third-order valence-electron chi connectivity index (χ3n) is 4.39. The summed E-state index contributed by atoms with van der Waals surface area (Å²) in [5.74, 6) is 0.180. The van der Waals surface area contributed by atoms with Crippen LogP contribution in [0.1, 0.15) is 27.4 Å². The number of ether oxygens (including phenoxy) is 1. The van der Waals surface area contributed by atoms with Crippen molar-refractivity contribution in [3.05, 3.63) is 93.3 Å². The third kappa shape index (κ3) is 4.07. The van der Waals surface area contributed by atoms with Crippen LogP contribution in [0.4, 0.5) is 10.1 Å². The lowest BCUT2D eigenvalue weighted by molar-refractivity contribution is 0.102. The summed E-state index contributed by atoms with van der Waals surface area (Å²) < 4.78 is 25.3. The van der Waals surface area contributed by atoms with E-state index in [4.69, 9.17) is 9.26 Å². The molecule has 2 aromatic carbocycles. The van der Waals surface area contributed by atoms with E-state index in [0.717, 1.165) is 10.1 Å². The molecule has 0 aliphatic rings. The van der Waals surface area contributed by atoms with Crippen LogP contribution in [-0.2, 0) is 6.61 Å². The standard InChI is InChI=1S/C22H18FN3O4/c1-13-3-8-19(18(9-13)25-22(28)15-4-6-16(23)7-5-15)29-12-17-11-21(27)26-20(24-17)10-14(2)30-26/h3-11H,12H2,1-2H3,(H,25,28). The van der Waals surface area contributed by atoms with Gasteiger partial charge >= 0.3 is 0 Å². The summed E-state index contributed by atoms with van der Waals surface area (Å²) in [6, 6.07) is 13.6. The van der Waals surface area contributed by atoms with Crippen molar-refractivity contribution < 1.29 is 18.4 Å². The minimum absolute atomic E-state index is 0.0262. The summed E-state index contributed by atoms with van der Waals surface area (Å²) in [4.78, 5) is 29.0. The molecule has 0 bridgehead atoms. The summed E-state index contributed by atoms with van der Waals surface area (Å²) >= 11 is 0. The van der Waals surface area contributed by atoms with Gasteiger partial charge in [-0.25, -0.2) is 9.37 Å². The van der Waals surface area contributed by atoms with Crippen LogP contribution in [0.15, 0.2) is 63.9 Å². The fraction of sp³-hybridized carbons (Fsp3) is 0.136. The summed E-state index contributed by atoms with van der Waals surface area (Å²) in [5, 5.41) is 2.78. The predicted molar refractivity (Wildman–Crippen MR) is 108 cm³/mol. The Bertz CT molecular complexity index is 1290. The number of aromatic nitrogens is 2. The van der Waals surface area contributed by atoms with E-state index in [1.54, 1.807) is 25.1 Å². The average Bonchev–Trinajstić information content (AvgIpc) is 3.09.